The Balaban J connectivity index is 1.86. The average molecular weight is 307 g/mol. The number of piperidine rings is 1. The maximum atomic E-state index is 12.1. The number of carbonyl (C=O) groups excluding carboxylic acids is 1. The summed E-state index contributed by atoms with van der Waals surface area (Å²) in [5.74, 6) is 0.946. The molecule has 2 N–H and O–H groups in total. The number of nitrogens with one attached hydrogen (secondary N) is 1. The second kappa shape index (κ2) is 6.85. The number of rotatable bonds is 3. The normalized spacial score (nSPS) is 18.9. The molecular weight excluding hydrogens is 282 g/mol. The first kappa shape index (κ1) is 16.4. The van der Waals surface area contributed by atoms with Crippen LogP contribution < -0.4 is 5.32 Å². The van der Waals surface area contributed by atoms with E-state index in [1.54, 1.807) is 23.2 Å². The van der Waals surface area contributed by atoms with Gasteiger partial charge in [0, 0.05) is 25.8 Å². The number of aromatic hydroxyl groups is 1. The molecule has 0 radical (unpaired) electrons. The third-order valence-electron chi connectivity index (χ3n) is 3.52. The molecule has 0 bridgehead atoms. The van der Waals surface area contributed by atoms with Crippen LogP contribution in [0.3, 0.4) is 0 Å². The first-order valence-electron chi connectivity index (χ1n) is 7.71. The summed E-state index contributed by atoms with van der Waals surface area (Å²) in [4.78, 5) is 18.0. The van der Waals surface area contributed by atoms with Crippen LogP contribution in [0.25, 0.3) is 0 Å². The van der Waals surface area contributed by atoms with Crippen molar-refractivity contribution in [1.29, 1.82) is 0 Å². The Kier molecular flexibility index (Phi) is 5.11. The van der Waals surface area contributed by atoms with E-state index in [9.17, 15) is 9.90 Å². The third kappa shape index (κ3) is 4.79. The van der Waals surface area contributed by atoms with Gasteiger partial charge in [-0.05, 0) is 51.7 Å². The molecule has 1 saturated heterocycles. The highest BCUT2D eigenvalue weighted by atomic mass is 16.6. The summed E-state index contributed by atoms with van der Waals surface area (Å²) in [5, 5.41) is 12.8. The van der Waals surface area contributed by atoms with Crippen LogP contribution in [0.1, 0.15) is 33.6 Å². The fraction of sp³-hybridized carbons (Fsp3) is 0.625. The summed E-state index contributed by atoms with van der Waals surface area (Å²) in [5.41, 5.74) is -0.470. The first-order valence-corrected chi connectivity index (χ1v) is 7.71. The number of nitrogens with zero attached hydrogens (tertiary/aromatic N) is 2. The van der Waals surface area contributed by atoms with Gasteiger partial charge < -0.3 is 20.1 Å². The van der Waals surface area contributed by atoms with E-state index in [2.05, 4.69) is 10.3 Å². The standard InChI is InChI=1S/C16H25N3O3/c1-16(2,3)22-15(21)19-9-5-6-12(11-19)10-18-14-13(20)7-4-8-17-14/h4,7-8,12,20H,5-6,9-11H2,1-3H3,(H,17,18)/t12-/m0/s1. The lowest BCUT2D eigenvalue weighted by Gasteiger charge is -2.34. The Morgan fingerprint density at radius 1 is 1.55 bits per heavy atom. The maximum Gasteiger partial charge on any atom is 0.410 e. The van der Waals surface area contributed by atoms with E-state index in [-0.39, 0.29) is 11.8 Å². The monoisotopic (exact) mass is 307 g/mol. The largest absolute Gasteiger partial charge is 0.504 e. The van der Waals surface area contributed by atoms with Crippen LogP contribution in [0.15, 0.2) is 18.3 Å². The second-order valence-corrected chi connectivity index (χ2v) is 6.69. The van der Waals surface area contributed by atoms with E-state index in [0.717, 1.165) is 19.4 Å². The highest BCUT2D eigenvalue weighted by Crippen LogP contribution is 2.22. The molecule has 2 rings (SSSR count). The number of amides is 1. The van der Waals surface area contributed by atoms with Gasteiger partial charge in [0.1, 0.15) is 5.60 Å². The van der Waals surface area contributed by atoms with Crippen molar-refractivity contribution in [2.45, 2.75) is 39.2 Å². The van der Waals surface area contributed by atoms with Gasteiger partial charge in [-0.15, -0.1) is 0 Å². The average Bonchev–Trinajstić information content (AvgIpc) is 2.45. The molecule has 1 aromatic heterocycles. The van der Waals surface area contributed by atoms with Crippen LogP contribution in [0.5, 0.6) is 5.75 Å². The van der Waals surface area contributed by atoms with Gasteiger partial charge in [0.2, 0.25) is 0 Å². The van der Waals surface area contributed by atoms with Crippen LogP contribution in [0.2, 0.25) is 0 Å². The molecule has 6 nitrogen and oxygen atoms in total. The fourth-order valence-corrected chi connectivity index (χ4v) is 2.50. The molecule has 1 fully saturated rings. The maximum absolute atomic E-state index is 12.1. The number of ether oxygens (including phenoxy) is 1. The van der Waals surface area contributed by atoms with Crippen molar-refractivity contribution in [2.75, 3.05) is 25.0 Å². The van der Waals surface area contributed by atoms with Gasteiger partial charge in [0.15, 0.2) is 11.6 Å². The molecule has 0 spiro atoms. The molecule has 122 valence electrons. The SMILES string of the molecule is CC(C)(C)OC(=O)N1CCC[C@@H](CNc2ncccc2O)C1. The van der Waals surface area contributed by atoms with Crippen LogP contribution in [-0.4, -0.2) is 46.3 Å². The van der Waals surface area contributed by atoms with Crippen molar-refractivity contribution in [3.05, 3.63) is 18.3 Å². The number of hydrogen-bond acceptors (Lipinski definition) is 5. The number of likely N-dealkylation sites (tertiary alicyclic amines) is 1. The zero-order valence-corrected chi connectivity index (χ0v) is 13.5. The van der Waals surface area contributed by atoms with Crippen molar-refractivity contribution in [2.24, 2.45) is 5.92 Å². The van der Waals surface area contributed by atoms with E-state index in [1.165, 1.54) is 0 Å². The number of hydrogen-bond donors (Lipinski definition) is 2. The summed E-state index contributed by atoms with van der Waals surface area (Å²) < 4.78 is 5.42. The minimum Gasteiger partial charge on any atom is -0.504 e. The highest BCUT2D eigenvalue weighted by molar-refractivity contribution is 5.68. The lowest BCUT2D eigenvalue weighted by Crippen LogP contribution is -2.44. The minimum atomic E-state index is -0.470. The number of pyridine rings is 1. The van der Waals surface area contributed by atoms with Gasteiger partial charge in [-0.1, -0.05) is 0 Å². The van der Waals surface area contributed by atoms with Gasteiger partial charge in [-0.3, -0.25) is 0 Å². The topological polar surface area (TPSA) is 74.7 Å². The zero-order valence-electron chi connectivity index (χ0n) is 13.5. The third-order valence-corrected chi connectivity index (χ3v) is 3.52. The molecule has 6 heteroatoms. The Morgan fingerprint density at radius 2 is 2.32 bits per heavy atom. The van der Waals surface area contributed by atoms with E-state index in [0.29, 0.717) is 24.8 Å². The predicted molar refractivity (Wildman–Crippen MR) is 84.9 cm³/mol. The van der Waals surface area contributed by atoms with Gasteiger partial charge in [0.05, 0.1) is 0 Å². The van der Waals surface area contributed by atoms with E-state index >= 15 is 0 Å². The summed E-state index contributed by atoms with van der Waals surface area (Å²) in [6, 6.07) is 3.29. The molecule has 0 aromatic carbocycles. The summed E-state index contributed by atoms with van der Waals surface area (Å²) in [7, 11) is 0. The highest BCUT2D eigenvalue weighted by Gasteiger charge is 2.27. The van der Waals surface area contributed by atoms with Crippen molar-refractivity contribution in [3.8, 4) is 5.75 Å². The van der Waals surface area contributed by atoms with Crippen molar-refractivity contribution in [1.82, 2.24) is 9.88 Å². The van der Waals surface area contributed by atoms with Crippen LogP contribution in [0.4, 0.5) is 10.6 Å². The smallest absolute Gasteiger partial charge is 0.410 e. The van der Waals surface area contributed by atoms with Gasteiger partial charge in [-0.25, -0.2) is 9.78 Å². The minimum absolute atomic E-state index is 0.141. The van der Waals surface area contributed by atoms with E-state index < -0.39 is 5.60 Å². The second-order valence-electron chi connectivity index (χ2n) is 6.69. The molecule has 0 unspecified atom stereocenters. The summed E-state index contributed by atoms with van der Waals surface area (Å²) >= 11 is 0. The summed E-state index contributed by atoms with van der Waals surface area (Å²) in [6.07, 6.45) is 3.38. The molecule has 2 heterocycles. The van der Waals surface area contributed by atoms with E-state index in [4.69, 9.17) is 4.74 Å². The molecule has 1 aromatic rings. The molecule has 1 aliphatic heterocycles. The predicted octanol–water partition coefficient (Wildman–Crippen LogP) is 2.85. The van der Waals surface area contributed by atoms with E-state index in [1.807, 2.05) is 20.8 Å². The van der Waals surface area contributed by atoms with Crippen molar-refractivity contribution < 1.29 is 14.6 Å². The Bertz CT molecular complexity index is 514. The Morgan fingerprint density at radius 3 is 3.00 bits per heavy atom. The Labute approximate surface area is 131 Å². The van der Waals surface area contributed by atoms with Crippen LogP contribution in [0, 0.1) is 5.92 Å². The first-order chi connectivity index (χ1) is 10.3. The quantitative estimate of drug-likeness (QED) is 0.898. The van der Waals surface area contributed by atoms with Gasteiger partial charge in [-0.2, -0.15) is 0 Å². The number of anilines is 1. The lowest BCUT2D eigenvalue weighted by molar-refractivity contribution is 0.0172. The molecular formula is C16H25N3O3. The van der Waals surface area contributed by atoms with Crippen LogP contribution in [-0.2, 0) is 4.74 Å². The van der Waals surface area contributed by atoms with Gasteiger partial charge >= 0.3 is 6.09 Å². The Hall–Kier alpha value is -1.98. The number of carbonyl (C=O) groups is 1. The van der Waals surface area contributed by atoms with Crippen molar-refractivity contribution in [3.63, 3.8) is 0 Å². The molecule has 1 amide bonds. The van der Waals surface area contributed by atoms with Crippen molar-refractivity contribution >= 4 is 11.9 Å². The summed E-state index contributed by atoms with van der Waals surface area (Å²) in [6.45, 7) is 7.69. The van der Waals surface area contributed by atoms with Crippen LogP contribution >= 0.6 is 0 Å². The molecule has 22 heavy (non-hydrogen) atoms. The number of aromatic nitrogens is 1. The fourth-order valence-electron chi connectivity index (χ4n) is 2.50. The molecule has 0 aliphatic carbocycles. The molecule has 1 aliphatic rings. The van der Waals surface area contributed by atoms with Gasteiger partial charge in [0.25, 0.3) is 0 Å². The lowest BCUT2D eigenvalue weighted by atomic mass is 9.98. The molecule has 1 atom stereocenters. The zero-order chi connectivity index (χ0) is 16.2. The molecule has 0 saturated carbocycles.